The summed E-state index contributed by atoms with van der Waals surface area (Å²) in [6.07, 6.45) is 2.83. The minimum Gasteiger partial charge on any atom is -0.497 e. The highest BCUT2D eigenvalue weighted by atomic mass is 16.5. The zero-order valence-electron chi connectivity index (χ0n) is 15.3. The second kappa shape index (κ2) is 7.95. The van der Waals surface area contributed by atoms with Crippen LogP contribution in [0.4, 0.5) is 17.5 Å². The molecule has 4 rings (SSSR count). The predicted octanol–water partition coefficient (Wildman–Crippen LogP) is 3.67. The molecule has 3 aromatic rings. The minimum absolute atomic E-state index is 0.520. The average Bonchev–Trinajstić information content (AvgIpc) is 3.16. The number of rotatable bonds is 7. The van der Waals surface area contributed by atoms with Gasteiger partial charge in [-0.3, -0.25) is 0 Å². The molecule has 0 amide bonds. The lowest BCUT2D eigenvalue weighted by Crippen LogP contribution is -2.17. The van der Waals surface area contributed by atoms with Crippen LogP contribution in [0.15, 0.2) is 60.8 Å². The van der Waals surface area contributed by atoms with Gasteiger partial charge in [-0.2, -0.15) is 4.98 Å². The van der Waals surface area contributed by atoms with E-state index in [9.17, 15) is 0 Å². The van der Waals surface area contributed by atoms with E-state index in [1.54, 1.807) is 13.3 Å². The predicted molar refractivity (Wildman–Crippen MR) is 106 cm³/mol. The standard InChI is InChI=1S/C21H22N4O2/c1-26-17-6-8-18(9-7-17)27-15-13-23-21-22-12-10-20(24-21)25-14-11-16-4-2-3-5-19(16)25/h2-10,12H,11,13-15H2,1H3,(H,22,23,24). The Bertz CT molecular complexity index is 899. The van der Waals surface area contributed by atoms with Gasteiger partial charge in [0.2, 0.25) is 5.95 Å². The fraction of sp³-hybridized carbons (Fsp3) is 0.238. The highest BCUT2D eigenvalue weighted by molar-refractivity contribution is 5.67. The highest BCUT2D eigenvalue weighted by Crippen LogP contribution is 2.33. The fourth-order valence-corrected chi connectivity index (χ4v) is 3.16. The molecule has 2 aromatic carbocycles. The number of nitrogens with one attached hydrogen (secondary N) is 1. The molecule has 0 bridgehead atoms. The molecule has 6 nitrogen and oxygen atoms in total. The summed E-state index contributed by atoms with van der Waals surface area (Å²) in [5.74, 6) is 3.14. The van der Waals surface area contributed by atoms with Crippen LogP contribution in [0.2, 0.25) is 0 Å². The third kappa shape index (κ3) is 3.95. The number of fused-ring (bicyclic) bond motifs is 1. The Labute approximate surface area is 158 Å². The van der Waals surface area contributed by atoms with Gasteiger partial charge in [-0.1, -0.05) is 18.2 Å². The summed E-state index contributed by atoms with van der Waals surface area (Å²) >= 11 is 0. The normalized spacial score (nSPS) is 12.6. The van der Waals surface area contributed by atoms with Crippen LogP contribution >= 0.6 is 0 Å². The third-order valence-electron chi connectivity index (χ3n) is 4.52. The summed E-state index contributed by atoms with van der Waals surface area (Å²) in [6.45, 7) is 2.08. The molecule has 1 aliphatic heterocycles. The molecular weight excluding hydrogens is 340 g/mol. The van der Waals surface area contributed by atoms with Crippen molar-refractivity contribution in [3.8, 4) is 11.5 Å². The van der Waals surface area contributed by atoms with Gasteiger partial charge in [0.05, 0.1) is 13.7 Å². The summed E-state index contributed by atoms with van der Waals surface area (Å²) in [5.41, 5.74) is 2.59. The first-order chi connectivity index (χ1) is 13.3. The second-order valence-electron chi connectivity index (χ2n) is 6.22. The summed E-state index contributed by atoms with van der Waals surface area (Å²) in [7, 11) is 1.65. The van der Waals surface area contributed by atoms with E-state index in [0.717, 1.165) is 30.3 Å². The Morgan fingerprint density at radius 2 is 1.85 bits per heavy atom. The van der Waals surface area contributed by atoms with E-state index in [1.165, 1.54) is 11.3 Å². The molecule has 27 heavy (non-hydrogen) atoms. The molecule has 6 heteroatoms. The summed E-state index contributed by atoms with van der Waals surface area (Å²) < 4.78 is 10.9. The molecule has 1 N–H and O–H groups in total. The van der Waals surface area contributed by atoms with Crippen LogP contribution in [0.5, 0.6) is 11.5 Å². The Morgan fingerprint density at radius 3 is 2.70 bits per heavy atom. The van der Waals surface area contributed by atoms with Gasteiger partial charge in [-0.05, 0) is 48.4 Å². The van der Waals surface area contributed by atoms with Gasteiger partial charge in [-0.25, -0.2) is 4.98 Å². The van der Waals surface area contributed by atoms with E-state index in [1.807, 2.05) is 30.3 Å². The maximum Gasteiger partial charge on any atom is 0.224 e. The number of ether oxygens (including phenoxy) is 2. The molecule has 1 aromatic heterocycles. The zero-order valence-corrected chi connectivity index (χ0v) is 15.3. The lowest BCUT2D eigenvalue weighted by atomic mass is 10.2. The van der Waals surface area contributed by atoms with Crippen LogP contribution in [0.1, 0.15) is 5.56 Å². The number of benzene rings is 2. The number of nitrogens with zero attached hydrogens (tertiary/aromatic N) is 3. The van der Waals surface area contributed by atoms with Crippen molar-refractivity contribution in [2.45, 2.75) is 6.42 Å². The highest BCUT2D eigenvalue weighted by Gasteiger charge is 2.20. The largest absolute Gasteiger partial charge is 0.497 e. The van der Waals surface area contributed by atoms with Crippen molar-refractivity contribution in [1.82, 2.24) is 9.97 Å². The van der Waals surface area contributed by atoms with Gasteiger partial charge in [0.1, 0.15) is 23.9 Å². The third-order valence-corrected chi connectivity index (χ3v) is 4.52. The van der Waals surface area contributed by atoms with Crippen molar-refractivity contribution >= 4 is 17.5 Å². The molecule has 0 unspecified atom stereocenters. The molecule has 1 aliphatic rings. The molecule has 0 spiro atoms. The first kappa shape index (κ1) is 17.1. The van der Waals surface area contributed by atoms with Gasteiger partial charge in [-0.15, -0.1) is 0 Å². The SMILES string of the molecule is COc1ccc(OCCNc2nccc(N3CCc4ccccc43)n2)cc1. The molecule has 138 valence electrons. The van der Waals surface area contributed by atoms with E-state index in [4.69, 9.17) is 9.47 Å². The van der Waals surface area contributed by atoms with Crippen molar-refractivity contribution in [3.05, 3.63) is 66.4 Å². The molecule has 0 fully saturated rings. The molecular formula is C21H22N4O2. The Morgan fingerprint density at radius 1 is 1.04 bits per heavy atom. The molecule has 0 aliphatic carbocycles. The van der Waals surface area contributed by atoms with Crippen LogP contribution in [0, 0.1) is 0 Å². The Hall–Kier alpha value is -3.28. The quantitative estimate of drug-likeness (QED) is 0.647. The maximum atomic E-state index is 5.72. The molecule has 2 heterocycles. The van der Waals surface area contributed by atoms with Crippen molar-refractivity contribution in [1.29, 1.82) is 0 Å². The van der Waals surface area contributed by atoms with E-state index in [-0.39, 0.29) is 0 Å². The van der Waals surface area contributed by atoms with Crippen LogP contribution < -0.4 is 19.7 Å². The smallest absolute Gasteiger partial charge is 0.224 e. The molecule has 0 atom stereocenters. The van der Waals surface area contributed by atoms with E-state index >= 15 is 0 Å². The molecule has 0 saturated carbocycles. The van der Waals surface area contributed by atoms with Crippen LogP contribution in [-0.2, 0) is 6.42 Å². The van der Waals surface area contributed by atoms with Gasteiger partial charge < -0.3 is 19.7 Å². The van der Waals surface area contributed by atoms with Gasteiger partial charge in [0.25, 0.3) is 0 Å². The lowest BCUT2D eigenvalue weighted by molar-refractivity contribution is 0.331. The van der Waals surface area contributed by atoms with Crippen molar-refractivity contribution in [2.75, 3.05) is 37.0 Å². The first-order valence-corrected chi connectivity index (χ1v) is 9.03. The summed E-state index contributed by atoms with van der Waals surface area (Å²) in [5, 5.41) is 3.23. The number of hydrogen-bond donors (Lipinski definition) is 1. The van der Waals surface area contributed by atoms with Gasteiger partial charge >= 0.3 is 0 Å². The second-order valence-corrected chi connectivity index (χ2v) is 6.22. The lowest BCUT2D eigenvalue weighted by Gasteiger charge is -2.18. The fourth-order valence-electron chi connectivity index (χ4n) is 3.16. The topological polar surface area (TPSA) is 59.5 Å². The number of methoxy groups -OCH3 is 1. The summed E-state index contributed by atoms with van der Waals surface area (Å²) in [4.78, 5) is 11.2. The zero-order chi connectivity index (χ0) is 18.5. The van der Waals surface area contributed by atoms with Crippen LogP contribution in [0.25, 0.3) is 0 Å². The molecule has 0 radical (unpaired) electrons. The van der Waals surface area contributed by atoms with E-state index in [2.05, 4.69) is 44.5 Å². The number of hydrogen-bond acceptors (Lipinski definition) is 6. The molecule has 0 saturated heterocycles. The number of aromatic nitrogens is 2. The van der Waals surface area contributed by atoms with Gasteiger partial charge in [0, 0.05) is 18.4 Å². The Balaban J connectivity index is 1.33. The number of anilines is 3. The van der Waals surface area contributed by atoms with Crippen molar-refractivity contribution in [3.63, 3.8) is 0 Å². The Kier molecular flexibility index (Phi) is 5.05. The summed E-state index contributed by atoms with van der Waals surface area (Å²) in [6, 6.07) is 17.9. The minimum atomic E-state index is 0.520. The van der Waals surface area contributed by atoms with Crippen LogP contribution in [-0.4, -0.2) is 36.8 Å². The van der Waals surface area contributed by atoms with Gasteiger partial charge in [0.15, 0.2) is 0 Å². The average molecular weight is 362 g/mol. The van der Waals surface area contributed by atoms with E-state index in [0.29, 0.717) is 19.1 Å². The number of para-hydroxylation sites is 1. The first-order valence-electron chi connectivity index (χ1n) is 9.03. The van der Waals surface area contributed by atoms with Crippen LogP contribution in [0.3, 0.4) is 0 Å². The van der Waals surface area contributed by atoms with E-state index < -0.39 is 0 Å². The monoisotopic (exact) mass is 362 g/mol. The van der Waals surface area contributed by atoms with Crippen molar-refractivity contribution in [2.24, 2.45) is 0 Å². The maximum absolute atomic E-state index is 5.72. The van der Waals surface area contributed by atoms with Crippen molar-refractivity contribution < 1.29 is 9.47 Å².